The average Bonchev–Trinajstić information content (AvgIpc) is 3.04. The summed E-state index contributed by atoms with van der Waals surface area (Å²) in [4.78, 5) is 9.97. The Hall–Kier alpha value is -0.610. The number of fused-ring (bicyclic) bond motifs is 1. The van der Waals surface area contributed by atoms with E-state index in [1.165, 1.54) is 12.8 Å². The van der Waals surface area contributed by atoms with Crippen LogP contribution >= 0.6 is 11.8 Å². The van der Waals surface area contributed by atoms with Gasteiger partial charge in [-0.05, 0) is 36.9 Å². The standard InChI is InChI=1S/C12H17N3S/c1-16-8-5-14-12(15-6-8)3-7-2-11(13)10-4-9(7)10/h5-7,9-11H,2-4,13H2,1H3/t7-,9-,10-,11+/m0/s1. The molecule has 2 fully saturated rings. The summed E-state index contributed by atoms with van der Waals surface area (Å²) in [5, 5.41) is 0. The van der Waals surface area contributed by atoms with Gasteiger partial charge in [-0.15, -0.1) is 11.8 Å². The molecule has 0 spiro atoms. The number of aromatic nitrogens is 2. The first-order valence-corrected chi connectivity index (χ1v) is 7.11. The minimum Gasteiger partial charge on any atom is -0.327 e. The van der Waals surface area contributed by atoms with Gasteiger partial charge in [0.2, 0.25) is 0 Å². The summed E-state index contributed by atoms with van der Waals surface area (Å²) >= 11 is 1.68. The molecule has 0 aliphatic heterocycles. The van der Waals surface area contributed by atoms with Gasteiger partial charge in [-0.3, -0.25) is 0 Å². The Labute approximate surface area is 100 Å². The second-order valence-electron chi connectivity index (χ2n) is 4.97. The molecular formula is C12H17N3S. The summed E-state index contributed by atoms with van der Waals surface area (Å²) < 4.78 is 0. The molecule has 3 nitrogen and oxygen atoms in total. The molecule has 1 aromatic rings. The van der Waals surface area contributed by atoms with Crippen molar-refractivity contribution in [2.75, 3.05) is 6.26 Å². The SMILES string of the molecule is CSc1cnc(C[C@@H]2C[C@@H](N)[C@H]3C[C@@H]23)nc1. The van der Waals surface area contributed by atoms with E-state index in [4.69, 9.17) is 5.73 Å². The van der Waals surface area contributed by atoms with Crippen molar-refractivity contribution in [3.63, 3.8) is 0 Å². The van der Waals surface area contributed by atoms with Crippen LogP contribution in [0.1, 0.15) is 18.7 Å². The second kappa shape index (κ2) is 4.00. The van der Waals surface area contributed by atoms with E-state index < -0.39 is 0 Å². The molecule has 2 saturated carbocycles. The molecule has 2 aliphatic rings. The molecule has 16 heavy (non-hydrogen) atoms. The summed E-state index contributed by atoms with van der Waals surface area (Å²) in [6.07, 6.45) is 9.42. The molecule has 4 atom stereocenters. The molecule has 0 saturated heterocycles. The van der Waals surface area contributed by atoms with Crippen LogP contribution in [0.2, 0.25) is 0 Å². The molecule has 3 rings (SSSR count). The van der Waals surface area contributed by atoms with E-state index in [1.54, 1.807) is 11.8 Å². The van der Waals surface area contributed by atoms with Crippen molar-refractivity contribution >= 4 is 11.8 Å². The first-order chi connectivity index (χ1) is 7.78. The van der Waals surface area contributed by atoms with Crippen LogP contribution < -0.4 is 5.73 Å². The van der Waals surface area contributed by atoms with Gasteiger partial charge in [-0.1, -0.05) is 0 Å². The molecule has 1 aromatic heterocycles. The van der Waals surface area contributed by atoms with Crippen molar-refractivity contribution in [3.8, 4) is 0 Å². The maximum absolute atomic E-state index is 6.07. The summed E-state index contributed by atoms with van der Waals surface area (Å²) in [5.41, 5.74) is 6.07. The fraction of sp³-hybridized carbons (Fsp3) is 0.667. The van der Waals surface area contributed by atoms with Crippen molar-refractivity contribution in [2.24, 2.45) is 23.5 Å². The lowest BCUT2D eigenvalue weighted by Crippen LogP contribution is -2.20. The van der Waals surface area contributed by atoms with Crippen LogP contribution in [0.4, 0.5) is 0 Å². The largest absolute Gasteiger partial charge is 0.327 e. The van der Waals surface area contributed by atoms with Crippen LogP contribution in [0.25, 0.3) is 0 Å². The molecule has 0 unspecified atom stereocenters. The highest BCUT2D eigenvalue weighted by Crippen LogP contribution is 2.55. The monoisotopic (exact) mass is 235 g/mol. The number of rotatable bonds is 3. The van der Waals surface area contributed by atoms with Crippen molar-refractivity contribution in [2.45, 2.75) is 30.2 Å². The summed E-state index contributed by atoms with van der Waals surface area (Å²) in [5.74, 6) is 3.41. The third kappa shape index (κ3) is 1.84. The van der Waals surface area contributed by atoms with Crippen LogP contribution in [0, 0.1) is 17.8 Å². The van der Waals surface area contributed by atoms with E-state index in [-0.39, 0.29) is 0 Å². The Kier molecular flexibility index (Phi) is 2.64. The molecule has 2 aliphatic carbocycles. The third-order valence-electron chi connectivity index (χ3n) is 3.98. The zero-order chi connectivity index (χ0) is 11.1. The van der Waals surface area contributed by atoms with Crippen LogP contribution in [0.15, 0.2) is 17.3 Å². The molecule has 4 heteroatoms. The van der Waals surface area contributed by atoms with Gasteiger partial charge in [0.15, 0.2) is 0 Å². The molecule has 0 bridgehead atoms. The smallest absolute Gasteiger partial charge is 0.128 e. The van der Waals surface area contributed by atoms with Crippen molar-refractivity contribution < 1.29 is 0 Å². The quantitative estimate of drug-likeness (QED) is 0.811. The van der Waals surface area contributed by atoms with E-state index in [2.05, 4.69) is 9.97 Å². The van der Waals surface area contributed by atoms with Gasteiger partial charge in [-0.25, -0.2) is 9.97 Å². The molecule has 1 heterocycles. The lowest BCUT2D eigenvalue weighted by molar-refractivity contribution is 0.450. The summed E-state index contributed by atoms with van der Waals surface area (Å²) in [6.45, 7) is 0. The molecule has 2 N–H and O–H groups in total. The van der Waals surface area contributed by atoms with E-state index in [0.29, 0.717) is 6.04 Å². The fourth-order valence-corrected chi connectivity index (χ4v) is 3.31. The van der Waals surface area contributed by atoms with E-state index in [9.17, 15) is 0 Å². The van der Waals surface area contributed by atoms with Gasteiger partial charge >= 0.3 is 0 Å². The first kappa shape index (κ1) is 10.5. The second-order valence-corrected chi connectivity index (χ2v) is 5.85. The zero-order valence-corrected chi connectivity index (χ0v) is 10.3. The van der Waals surface area contributed by atoms with E-state index >= 15 is 0 Å². The molecule has 0 radical (unpaired) electrons. The van der Waals surface area contributed by atoms with E-state index in [1.807, 2.05) is 18.6 Å². The number of hydrogen-bond donors (Lipinski definition) is 1. The third-order valence-corrected chi connectivity index (χ3v) is 4.67. The zero-order valence-electron chi connectivity index (χ0n) is 9.47. The number of hydrogen-bond acceptors (Lipinski definition) is 4. The first-order valence-electron chi connectivity index (χ1n) is 5.88. The van der Waals surface area contributed by atoms with Gasteiger partial charge in [0, 0.05) is 29.8 Å². The van der Waals surface area contributed by atoms with Gasteiger partial charge in [0.25, 0.3) is 0 Å². The van der Waals surface area contributed by atoms with E-state index in [0.717, 1.165) is 34.9 Å². The highest BCUT2D eigenvalue weighted by molar-refractivity contribution is 7.98. The normalized spacial score (nSPS) is 36.1. The number of thioether (sulfide) groups is 1. The molecule has 86 valence electrons. The van der Waals surface area contributed by atoms with Crippen LogP contribution in [-0.2, 0) is 6.42 Å². The average molecular weight is 235 g/mol. The maximum atomic E-state index is 6.07. The lowest BCUT2D eigenvalue weighted by Gasteiger charge is -2.12. The number of nitrogens with two attached hydrogens (primary N) is 1. The van der Waals surface area contributed by atoms with Crippen LogP contribution in [0.3, 0.4) is 0 Å². The van der Waals surface area contributed by atoms with Gasteiger partial charge in [-0.2, -0.15) is 0 Å². The Balaban J connectivity index is 1.65. The topological polar surface area (TPSA) is 51.8 Å². The van der Waals surface area contributed by atoms with Gasteiger partial charge < -0.3 is 5.73 Å². The minimum absolute atomic E-state index is 0.445. The Morgan fingerprint density at radius 1 is 1.31 bits per heavy atom. The Bertz CT molecular complexity index is 378. The van der Waals surface area contributed by atoms with Crippen molar-refractivity contribution in [1.82, 2.24) is 9.97 Å². The maximum Gasteiger partial charge on any atom is 0.128 e. The van der Waals surface area contributed by atoms with Crippen molar-refractivity contribution in [3.05, 3.63) is 18.2 Å². The predicted molar refractivity (Wildman–Crippen MR) is 65.2 cm³/mol. The van der Waals surface area contributed by atoms with Crippen LogP contribution in [-0.4, -0.2) is 22.3 Å². The predicted octanol–water partition coefficient (Wildman–Crippen LogP) is 1.72. The molecule has 0 amide bonds. The summed E-state index contributed by atoms with van der Waals surface area (Å²) in [7, 11) is 0. The van der Waals surface area contributed by atoms with Gasteiger partial charge in [0.1, 0.15) is 5.82 Å². The molecular weight excluding hydrogens is 218 g/mol. The number of nitrogens with zero attached hydrogens (tertiary/aromatic N) is 2. The Morgan fingerprint density at radius 3 is 2.56 bits per heavy atom. The molecule has 0 aromatic carbocycles. The Morgan fingerprint density at radius 2 is 2.06 bits per heavy atom. The van der Waals surface area contributed by atoms with Crippen molar-refractivity contribution in [1.29, 1.82) is 0 Å². The minimum atomic E-state index is 0.445. The lowest BCUT2D eigenvalue weighted by atomic mass is 9.98. The fourth-order valence-electron chi connectivity index (χ4n) is 2.99. The highest BCUT2D eigenvalue weighted by Gasteiger charge is 2.52. The summed E-state index contributed by atoms with van der Waals surface area (Å²) in [6, 6.07) is 0.445. The van der Waals surface area contributed by atoms with Crippen LogP contribution in [0.5, 0.6) is 0 Å². The van der Waals surface area contributed by atoms with Gasteiger partial charge in [0.05, 0.1) is 0 Å². The highest BCUT2D eigenvalue weighted by atomic mass is 32.2.